The van der Waals surface area contributed by atoms with Crippen LogP contribution in [0.4, 0.5) is 0 Å². The van der Waals surface area contributed by atoms with E-state index in [2.05, 4.69) is 0 Å². The second-order valence-electron chi connectivity index (χ2n) is 3.64. The van der Waals surface area contributed by atoms with E-state index in [1.54, 1.807) is 0 Å². The van der Waals surface area contributed by atoms with Gasteiger partial charge in [-0.15, -0.1) is 0 Å². The zero-order chi connectivity index (χ0) is 9.41. The van der Waals surface area contributed by atoms with E-state index in [-0.39, 0.29) is 5.41 Å². The Morgan fingerprint density at radius 2 is 2.17 bits per heavy atom. The normalized spacial score (nSPS) is 32.6. The van der Waals surface area contributed by atoms with Crippen LogP contribution in [0.3, 0.4) is 0 Å². The van der Waals surface area contributed by atoms with Gasteiger partial charge in [-0.25, -0.2) is 5.14 Å². The maximum Gasteiger partial charge on any atom is 0.276 e. The lowest BCUT2D eigenvalue weighted by Crippen LogP contribution is -2.38. The molecule has 0 aromatic heterocycles. The van der Waals surface area contributed by atoms with Crippen molar-refractivity contribution >= 4 is 10.2 Å². The number of rotatable bonds is 2. The fourth-order valence-corrected chi connectivity index (χ4v) is 2.20. The lowest BCUT2D eigenvalue weighted by Gasteiger charge is -2.20. The summed E-state index contributed by atoms with van der Waals surface area (Å²) in [7, 11) is -3.51. The predicted octanol–water partition coefficient (Wildman–Crippen LogP) is -1.14. The Bertz CT molecular complexity index is 264. The topological polar surface area (TPSA) is 89.4 Å². The van der Waals surface area contributed by atoms with Crippen LogP contribution in [0.2, 0.25) is 0 Å². The fourth-order valence-electron chi connectivity index (χ4n) is 1.36. The smallest absolute Gasteiger partial charge is 0.276 e. The zero-order valence-corrected chi connectivity index (χ0v) is 7.97. The van der Waals surface area contributed by atoms with Gasteiger partial charge in [0.25, 0.3) is 10.2 Å². The molecule has 5 nitrogen and oxygen atoms in total. The minimum atomic E-state index is -3.51. The quantitative estimate of drug-likeness (QED) is 0.581. The van der Waals surface area contributed by atoms with Gasteiger partial charge in [0.1, 0.15) is 0 Å². The summed E-state index contributed by atoms with van der Waals surface area (Å²) >= 11 is 0. The Hall–Kier alpha value is -0.170. The standard InChI is InChI=1S/C6H15N3O2S/c1-6(4-7)2-3-9(5-6)12(8,10)11/h2-5,7H2,1H3,(H2,8,10,11). The van der Waals surface area contributed by atoms with E-state index in [1.165, 1.54) is 4.31 Å². The van der Waals surface area contributed by atoms with Gasteiger partial charge in [0.15, 0.2) is 0 Å². The molecule has 1 atom stereocenters. The van der Waals surface area contributed by atoms with Crippen LogP contribution in [0.5, 0.6) is 0 Å². The minimum absolute atomic E-state index is 0.0908. The maximum atomic E-state index is 10.9. The third-order valence-electron chi connectivity index (χ3n) is 2.38. The molecule has 6 heteroatoms. The van der Waals surface area contributed by atoms with Crippen molar-refractivity contribution in [1.29, 1.82) is 0 Å². The average molecular weight is 193 g/mol. The molecule has 1 heterocycles. The van der Waals surface area contributed by atoms with E-state index < -0.39 is 10.2 Å². The second kappa shape index (κ2) is 2.95. The lowest BCUT2D eigenvalue weighted by molar-refractivity contribution is 0.350. The first-order chi connectivity index (χ1) is 5.37. The first kappa shape index (κ1) is 9.91. The molecule has 0 bridgehead atoms. The molecule has 1 aliphatic rings. The van der Waals surface area contributed by atoms with Crippen molar-refractivity contribution < 1.29 is 8.42 Å². The third kappa shape index (κ3) is 1.95. The molecule has 0 aromatic carbocycles. The van der Waals surface area contributed by atoms with Gasteiger partial charge < -0.3 is 5.73 Å². The molecule has 12 heavy (non-hydrogen) atoms. The Balaban J connectivity index is 2.70. The van der Waals surface area contributed by atoms with Crippen LogP contribution in [-0.4, -0.2) is 32.4 Å². The molecule has 0 saturated carbocycles. The summed E-state index contributed by atoms with van der Waals surface area (Å²) in [6.07, 6.45) is 0.792. The van der Waals surface area contributed by atoms with Crippen molar-refractivity contribution in [3.05, 3.63) is 0 Å². The highest BCUT2D eigenvalue weighted by Crippen LogP contribution is 2.29. The van der Waals surface area contributed by atoms with Crippen LogP contribution in [0.25, 0.3) is 0 Å². The summed E-state index contributed by atoms with van der Waals surface area (Å²) in [5, 5.41) is 4.97. The number of hydrogen-bond acceptors (Lipinski definition) is 3. The van der Waals surface area contributed by atoms with Gasteiger partial charge in [-0.3, -0.25) is 0 Å². The molecule has 0 spiro atoms. The highest BCUT2D eigenvalue weighted by atomic mass is 32.2. The van der Waals surface area contributed by atoms with Crippen LogP contribution >= 0.6 is 0 Å². The molecular formula is C6H15N3O2S. The Kier molecular flexibility index (Phi) is 2.44. The molecular weight excluding hydrogens is 178 g/mol. The van der Waals surface area contributed by atoms with E-state index in [1.807, 2.05) is 6.92 Å². The van der Waals surface area contributed by atoms with Crippen molar-refractivity contribution in [2.75, 3.05) is 19.6 Å². The monoisotopic (exact) mass is 193 g/mol. The Labute approximate surface area is 72.9 Å². The van der Waals surface area contributed by atoms with Gasteiger partial charge in [-0.05, 0) is 18.4 Å². The summed E-state index contributed by atoms with van der Waals surface area (Å²) in [4.78, 5) is 0. The Morgan fingerprint density at radius 3 is 2.42 bits per heavy atom. The van der Waals surface area contributed by atoms with Crippen LogP contribution in [-0.2, 0) is 10.2 Å². The summed E-state index contributed by atoms with van der Waals surface area (Å²) in [6, 6.07) is 0. The fraction of sp³-hybridized carbons (Fsp3) is 1.00. The van der Waals surface area contributed by atoms with E-state index in [4.69, 9.17) is 10.9 Å². The average Bonchev–Trinajstić information content (AvgIpc) is 2.32. The van der Waals surface area contributed by atoms with Crippen LogP contribution < -0.4 is 10.9 Å². The predicted molar refractivity (Wildman–Crippen MR) is 46.5 cm³/mol. The number of nitrogens with zero attached hydrogens (tertiary/aromatic N) is 1. The molecule has 1 aliphatic heterocycles. The Morgan fingerprint density at radius 1 is 1.58 bits per heavy atom. The molecule has 1 unspecified atom stereocenters. The molecule has 0 aliphatic carbocycles. The van der Waals surface area contributed by atoms with Crippen LogP contribution in [0.15, 0.2) is 0 Å². The van der Waals surface area contributed by atoms with Crippen molar-refractivity contribution in [2.24, 2.45) is 16.3 Å². The molecule has 1 fully saturated rings. The SMILES string of the molecule is CC1(CN)CCN(S(N)(=O)=O)C1. The lowest BCUT2D eigenvalue weighted by atomic mass is 9.90. The molecule has 1 saturated heterocycles. The van der Waals surface area contributed by atoms with Gasteiger partial charge in [-0.2, -0.15) is 12.7 Å². The first-order valence-electron chi connectivity index (χ1n) is 3.85. The van der Waals surface area contributed by atoms with Crippen LogP contribution in [0.1, 0.15) is 13.3 Å². The van der Waals surface area contributed by atoms with E-state index in [0.717, 1.165) is 6.42 Å². The molecule has 0 aromatic rings. The summed E-state index contributed by atoms with van der Waals surface area (Å²) in [5.41, 5.74) is 5.42. The maximum absolute atomic E-state index is 10.9. The van der Waals surface area contributed by atoms with E-state index in [0.29, 0.717) is 19.6 Å². The molecule has 1 rings (SSSR count). The summed E-state index contributed by atoms with van der Waals surface area (Å²) < 4.78 is 23.1. The molecule has 4 N–H and O–H groups in total. The van der Waals surface area contributed by atoms with Crippen molar-refractivity contribution in [2.45, 2.75) is 13.3 Å². The van der Waals surface area contributed by atoms with Crippen molar-refractivity contribution in [1.82, 2.24) is 4.31 Å². The summed E-state index contributed by atoms with van der Waals surface area (Å²) in [6.45, 7) is 3.41. The summed E-state index contributed by atoms with van der Waals surface area (Å²) in [5.74, 6) is 0. The van der Waals surface area contributed by atoms with Crippen molar-refractivity contribution in [3.8, 4) is 0 Å². The van der Waals surface area contributed by atoms with E-state index in [9.17, 15) is 8.42 Å². The number of hydrogen-bond donors (Lipinski definition) is 2. The van der Waals surface area contributed by atoms with Crippen LogP contribution in [0, 0.1) is 5.41 Å². The largest absolute Gasteiger partial charge is 0.330 e. The zero-order valence-electron chi connectivity index (χ0n) is 7.16. The number of nitrogens with two attached hydrogens (primary N) is 2. The van der Waals surface area contributed by atoms with Gasteiger partial charge >= 0.3 is 0 Å². The highest BCUT2D eigenvalue weighted by molar-refractivity contribution is 7.86. The molecule has 0 radical (unpaired) electrons. The highest BCUT2D eigenvalue weighted by Gasteiger charge is 2.36. The minimum Gasteiger partial charge on any atom is -0.330 e. The van der Waals surface area contributed by atoms with Crippen molar-refractivity contribution in [3.63, 3.8) is 0 Å². The molecule has 0 amide bonds. The third-order valence-corrected chi connectivity index (χ3v) is 3.41. The molecule has 72 valence electrons. The van der Waals surface area contributed by atoms with Gasteiger partial charge in [0, 0.05) is 13.1 Å². The van der Waals surface area contributed by atoms with Gasteiger partial charge in [0.2, 0.25) is 0 Å². The first-order valence-corrected chi connectivity index (χ1v) is 5.36. The second-order valence-corrected chi connectivity index (χ2v) is 5.19. The van der Waals surface area contributed by atoms with E-state index >= 15 is 0 Å². The van der Waals surface area contributed by atoms with Gasteiger partial charge in [-0.1, -0.05) is 6.92 Å². The van der Waals surface area contributed by atoms with Gasteiger partial charge in [0.05, 0.1) is 0 Å².